The van der Waals surface area contributed by atoms with Crippen molar-refractivity contribution in [1.82, 2.24) is 5.32 Å². The highest BCUT2D eigenvalue weighted by Gasteiger charge is 2.30. The first-order valence-corrected chi connectivity index (χ1v) is 9.50. The average molecular weight is 384 g/mol. The Kier molecular flexibility index (Phi) is 5.20. The van der Waals surface area contributed by atoms with Crippen molar-refractivity contribution in [1.29, 1.82) is 0 Å². The molecule has 29 heavy (non-hydrogen) atoms. The standard InChI is InChI=1S/C24H20N2O3/c27-21-14-15-22(28)26(21)20-13-7-12-19(16-20)24(29)25-23(17-8-3-1-4-9-17)18-10-5-2-6-11-18/h1-13,16,23H,14-15H2,(H,25,29). The molecule has 3 amide bonds. The minimum absolute atomic E-state index is 0.208. The molecule has 4 rings (SSSR count). The average Bonchev–Trinajstić information content (AvgIpc) is 3.11. The van der Waals surface area contributed by atoms with Crippen molar-refractivity contribution in [3.63, 3.8) is 0 Å². The molecule has 5 heteroatoms. The van der Waals surface area contributed by atoms with Crippen LogP contribution in [-0.4, -0.2) is 17.7 Å². The maximum atomic E-state index is 13.0. The lowest BCUT2D eigenvalue weighted by atomic mass is 9.98. The van der Waals surface area contributed by atoms with Crippen LogP contribution >= 0.6 is 0 Å². The summed E-state index contributed by atoms with van der Waals surface area (Å²) in [5.41, 5.74) is 2.76. The third kappa shape index (κ3) is 3.94. The summed E-state index contributed by atoms with van der Waals surface area (Å²) in [6.07, 6.45) is 0.415. The summed E-state index contributed by atoms with van der Waals surface area (Å²) in [7, 11) is 0. The molecule has 1 aliphatic rings. The zero-order valence-corrected chi connectivity index (χ0v) is 15.7. The van der Waals surface area contributed by atoms with Gasteiger partial charge in [-0.2, -0.15) is 0 Å². The van der Waals surface area contributed by atoms with E-state index < -0.39 is 0 Å². The molecule has 1 saturated heterocycles. The number of carbonyl (C=O) groups is 3. The van der Waals surface area contributed by atoms with Crippen molar-refractivity contribution < 1.29 is 14.4 Å². The van der Waals surface area contributed by atoms with E-state index in [-0.39, 0.29) is 36.6 Å². The van der Waals surface area contributed by atoms with E-state index in [0.29, 0.717) is 11.3 Å². The van der Waals surface area contributed by atoms with E-state index in [1.165, 1.54) is 0 Å². The van der Waals surface area contributed by atoms with E-state index in [9.17, 15) is 14.4 Å². The summed E-state index contributed by atoms with van der Waals surface area (Å²) in [4.78, 5) is 38.2. The molecule has 1 heterocycles. The van der Waals surface area contributed by atoms with Gasteiger partial charge in [-0.1, -0.05) is 66.7 Å². The van der Waals surface area contributed by atoms with Crippen LogP contribution in [0.2, 0.25) is 0 Å². The van der Waals surface area contributed by atoms with Gasteiger partial charge in [0.1, 0.15) is 0 Å². The predicted octanol–water partition coefficient (Wildman–Crippen LogP) is 3.86. The third-order valence-corrected chi connectivity index (χ3v) is 4.96. The zero-order valence-electron chi connectivity index (χ0n) is 15.7. The lowest BCUT2D eigenvalue weighted by molar-refractivity contribution is -0.121. The maximum Gasteiger partial charge on any atom is 0.252 e. The number of carbonyl (C=O) groups excluding carboxylic acids is 3. The highest BCUT2D eigenvalue weighted by atomic mass is 16.2. The van der Waals surface area contributed by atoms with Crippen molar-refractivity contribution in [2.24, 2.45) is 0 Å². The Morgan fingerprint density at radius 3 is 1.86 bits per heavy atom. The Bertz CT molecular complexity index is 992. The van der Waals surface area contributed by atoms with Crippen molar-refractivity contribution >= 4 is 23.4 Å². The van der Waals surface area contributed by atoms with Gasteiger partial charge in [-0.3, -0.25) is 19.3 Å². The topological polar surface area (TPSA) is 66.5 Å². The van der Waals surface area contributed by atoms with Crippen molar-refractivity contribution in [2.75, 3.05) is 4.90 Å². The van der Waals surface area contributed by atoms with Crippen LogP contribution in [0.5, 0.6) is 0 Å². The van der Waals surface area contributed by atoms with Crippen LogP contribution in [-0.2, 0) is 9.59 Å². The number of hydrogen-bond acceptors (Lipinski definition) is 3. The minimum Gasteiger partial charge on any atom is -0.341 e. The van der Waals surface area contributed by atoms with Gasteiger partial charge in [-0.15, -0.1) is 0 Å². The van der Waals surface area contributed by atoms with Crippen LogP contribution in [0, 0.1) is 0 Å². The van der Waals surface area contributed by atoms with Gasteiger partial charge in [0.05, 0.1) is 11.7 Å². The molecular formula is C24H20N2O3. The van der Waals surface area contributed by atoms with Crippen molar-refractivity contribution in [2.45, 2.75) is 18.9 Å². The number of nitrogens with zero attached hydrogens (tertiary/aromatic N) is 1. The Morgan fingerprint density at radius 1 is 0.759 bits per heavy atom. The molecule has 0 aromatic heterocycles. The zero-order chi connectivity index (χ0) is 20.2. The summed E-state index contributed by atoms with van der Waals surface area (Å²) < 4.78 is 0. The normalized spacial score (nSPS) is 13.8. The van der Waals surface area contributed by atoms with Crippen LogP contribution in [0.3, 0.4) is 0 Å². The van der Waals surface area contributed by atoms with Crippen molar-refractivity contribution in [3.8, 4) is 0 Å². The summed E-state index contributed by atoms with van der Waals surface area (Å²) in [5.74, 6) is -0.748. The second-order valence-electron chi connectivity index (χ2n) is 6.90. The Balaban J connectivity index is 1.63. The van der Waals surface area contributed by atoms with Gasteiger partial charge in [0.2, 0.25) is 11.8 Å². The lowest BCUT2D eigenvalue weighted by Gasteiger charge is -2.20. The van der Waals surface area contributed by atoms with Gasteiger partial charge in [0.25, 0.3) is 5.91 Å². The quantitative estimate of drug-likeness (QED) is 0.680. The van der Waals surface area contributed by atoms with Gasteiger partial charge in [0, 0.05) is 18.4 Å². The molecule has 1 aliphatic heterocycles. The molecule has 0 saturated carbocycles. The molecule has 1 N–H and O–H groups in total. The van der Waals surface area contributed by atoms with Crippen LogP contribution in [0.4, 0.5) is 5.69 Å². The summed E-state index contributed by atoms with van der Waals surface area (Å²) in [6.45, 7) is 0. The van der Waals surface area contributed by atoms with Crippen molar-refractivity contribution in [3.05, 3.63) is 102 Å². The number of nitrogens with one attached hydrogen (secondary N) is 1. The molecule has 0 radical (unpaired) electrons. The predicted molar refractivity (Wildman–Crippen MR) is 110 cm³/mol. The number of rotatable bonds is 5. The third-order valence-electron chi connectivity index (χ3n) is 4.96. The fourth-order valence-corrected chi connectivity index (χ4v) is 3.52. The van der Waals surface area contributed by atoms with E-state index in [0.717, 1.165) is 16.0 Å². The number of hydrogen-bond donors (Lipinski definition) is 1. The number of benzene rings is 3. The summed E-state index contributed by atoms with van der Waals surface area (Å²) in [6, 6.07) is 25.8. The molecule has 0 aliphatic carbocycles. The van der Waals surface area contributed by atoms with Gasteiger partial charge in [-0.25, -0.2) is 0 Å². The molecule has 5 nitrogen and oxygen atoms in total. The second-order valence-corrected chi connectivity index (χ2v) is 6.90. The monoisotopic (exact) mass is 384 g/mol. The Morgan fingerprint density at radius 2 is 1.31 bits per heavy atom. The molecule has 3 aromatic carbocycles. The smallest absolute Gasteiger partial charge is 0.252 e. The molecule has 0 bridgehead atoms. The lowest BCUT2D eigenvalue weighted by Crippen LogP contribution is -2.31. The van der Waals surface area contributed by atoms with Gasteiger partial charge in [0.15, 0.2) is 0 Å². The summed E-state index contributed by atoms with van der Waals surface area (Å²) in [5, 5.41) is 3.08. The molecule has 144 valence electrons. The van der Waals surface area contributed by atoms with Crippen LogP contribution in [0.15, 0.2) is 84.9 Å². The van der Waals surface area contributed by atoms with E-state index >= 15 is 0 Å². The van der Waals surface area contributed by atoms with Gasteiger partial charge >= 0.3 is 0 Å². The summed E-state index contributed by atoms with van der Waals surface area (Å²) >= 11 is 0. The van der Waals surface area contributed by atoms with Gasteiger partial charge < -0.3 is 5.32 Å². The molecular weight excluding hydrogens is 364 g/mol. The molecule has 1 fully saturated rings. The highest BCUT2D eigenvalue weighted by Crippen LogP contribution is 2.25. The van der Waals surface area contributed by atoms with E-state index in [1.54, 1.807) is 24.3 Å². The van der Waals surface area contributed by atoms with Crippen LogP contribution < -0.4 is 10.2 Å². The first-order chi connectivity index (χ1) is 14.1. The Hall–Kier alpha value is -3.73. The molecule has 0 spiro atoms. The number of amides is 3. The van der Waals surface area contributed by atoms with Crippen LogP contribution in [0.25, 0.3) is 0 Å². The van der Waals surface area contributed by atoms with Gasteiger partial charge in [-0.05, 0) is 29.3 Å². The highest BCUT2D eigenvalue weighted by molar-refractivity contribution is 6.20. The van der Waals surface area contributed by atoms with E-state index in [4.69, 9.17) is 0 Å². The Labute approximate surface area is 169 Å². The fraction of sp³-hybridized carbons (Fsp3) is 0.125. The number of anilines is 1. The molecule has 3 aromatic rings. The SMILES string of the molecule is O=C(NC(c1ccccc1)c1ccccc1)c1cccc(N2C(=O)CCC2=O)c1. The van der Waals surface area contributed by atoms with Crippen LogP contribution in [0.1, 0.15) is 40.4 Å². The first-order valence-electron chi connectivity index (χ1n) is 9.50. The maximum absolute atomic E-state index is 13.0. The second kappa shape index (κ2) is 8.10. The van der Waals surface area contributed by atoms with E-state index in [2.05, 4.69) is 5.32 Å². The first kappa shape index (κ1) is 18.6. The van der Waals surface area contributed by atoms with E-state index in [1.807, 2.05) is 60.7 Å². The minimum atomic E-state index is -0.316. The molecule has 0 atom stereocenters. The fourth-order valence-electron chi connectivity index (χ4n) is 3.52. The largest absolute Gasteiger partial charge is 0.341 e. The molecule has 0 unspecified atom stereocenters. The number of imide groups is 1.